The topological polar surface area (TPSA) is 105 Å². The van der Waals surface area contributed by atoms with Crippen molar-refractivity contribution in [3.05, 3.63) is 81.0 Å². The van der Waals surface area contributed by atoms with Gasteiger partial charge in [0.05, 0.1) is 11.0 Å². The first-order valence-electron chi connectivity index (χ1n) is 26.1. The molecule has 14 rings (SSSR count). The van der Waals surface area contributed by atoms with Crippen LogP contribution in [0.2, 0.25) is 0 Å². The average molecular weight is 852 g/mol. The van der Waals surface area contributed by atoms with Gasteiger partial charge in [-0.15, -0.1) is 0 Å². The van der Waals surface area contributed by atoms with Crippen LogP contribution in [0.15, 0.2) is 64.3 Å². The quantitative estimate of drug-likeness (QED) is 0.223. The Morgan fingerprint density at radius 1 is 0.937 bits per heavy atom. The van der Waals surface area contributed by atoms with Crippen molar-refractivity contribution < 1.29 is 24.2 Å². The monoisotopic (exact) mass is 852 g/mol. The summed E-state index contributed by atoms with van der Waals surface area (Å²) < 4.78 is 14.4. The Kier molecular flexibility index (Phi) is 8.26. The molecule has 3 N–H and O–H groups in total. The van der Waals surface area contributed by atoms with Crippen molar-refractivity contribution >= 4 is 11.9 Å². The number of rotatable bonds is 5. The van der Waals surface area contributed by atoms with Gasteiger partial charge in [-0.05, 0) is 143 Å². The molecular weight excluding hydrogens is 783 g/mol. The predicted molar refractivity (Wildman–Crippen MR) is 240 cm³/mol. The first kappa shape index (κ1) is 38.9. The van der Waals surface area contributed by atoms with Crippen molar-refractivity contribution in [3.63, 3.8) is 0 Å². The van der Waals surface area contributed by atoms with Crippen LogP contribution < -0.4 is 5.73 Å². The van der Waals surface area contributed by atoms with Crippen molar-refractivity contribution in [1.82, 2.24) is 9.80 Å². The van der Waals surface area contributed by atoms with E-state index in [1.165, 1.54) is 68.9 Å². The van der Waals surface area contributed by atoms with Gasteiger partial charge in [-0.3, -0.25) is 9.69 Å². The van der Waals surface area contributed by atoms with Gasteiger partial charge in [0.25, 0.3) is 0 Å². The minimum absolute atomic E-state index is 0.104. The maximum absolute atomic E-state index is 16.1. The van der Waals surface area contributed by atoms with E-state index in [2.05, 4.69) is 54.0 Å². The van der Waals surface area contributed by atoms with Crippen LogP contribution >= 0.6 is 0 Å². The van der Waals surface area contributed by atoms with E-state index in [0.29, 0.717) is 90.5 Å². The smallest absolute Gasteiger partial charge is 0.339 e. The van der Waals surface area contributed by atoms with Gasteiger partial charge in [0, 0.05) is 60.2 Å². The molecule has 6 fully saturated rings. The fourth-order valence-electron chi connectivity index (χ4n) is 19.4. The number of carbonyl (C=O) groups excluding carboxylic acids is 2. The van der Waals surface area contributed by atoms with Crippen LogP contribution in [0.25, 0.3) is 0 Å². The van der Waals surface area contributed by atoms with Crippen molar-refractivity contribution in [1.29, 1.82) is 0 Å². The number of fused-ring (bicyclic) bond motifs is 8. The largest absolute Gasteiger partial charge is 0.508 e. The molecule has 63 heavy (non-hydrogen) atoms. The normalized spacial score (nSPS) is 46.3. The van der Waals surface area contributed by atoms with E-state index in [0.717, 1.165) is 62.7 Å². The number of nitrogens with zero attached hydrogens (tertiary/aromatic N) is 2. The molecule has 7 heterocycles. The van der Waals surface area contributed by atoms with Crippen LogP contribution in [-0.4, -0.2) is 64.6 Å². The number of aliphatic hydroxyl groups is 1. The number of allylic oxidation sites excluding steroid dienone is 4. The molecule has 8 nitrogen and oxygen atoms in total. The Morgan fingerprint density at radius 2 is 1.79 bits per heavy atom. The average Bonchev–Trinajstić information content (AvgIpc) is 3.75. The number of benzene rings is 1. The zero-order chi connectivity index (χ0) is 42.3. The highest BCUT2D eigenvalue weighted by molar-refractivity contribution is 6.00. The van der Waals surface area contributed by atoms with Crippen LogP contribution in [0.3, 0.4) is 0 Å². The number of hydrogen-bond donors (Lipinski definition) is 2. The number of hydrogen-bond acceptors (Lipinski definition) is 8. The number of ether oxygens (including phenoxy) is 2. The first-order chi connectivity index (χ1) is 30.7. The second-order valence-corrected chi connectivity index (χ2v) is 23.7. The SMILES string of the molecule is CC1C=CC2CC3C(C)CC4=C5C3C3=C2C26C(=O)OC(=C(O)C7CCC8C9CC(CN8C7CC7CCCCC7)C(CC4)N5C9)C2(CC3)C2(OC(=O)c3c(CCCN)cccc32)C6C1. The number of aryl methyl sites for hydroxylation is 1. The van der Waals surface area contributed by atoms with Gasteiger partial charge in [-0.2, -0.15) is 0 Å². The maximum Gasteiger partial charge on any atom is 0.339 e. The van der Waals surface area contributed by atoms with E-state index in [1.54, 1.807) is 11.3 Å². The Morgan fingerprint density at radius 3 is 2.65 bits per heavy atom. The van der Waals surface area contributed by atoms with Gasteiger partial charge in [0.2, 0.25) is 0 Å². The van der Waals surface area contributed by atoms with Gasteiger partial charge in [-0.1, -0.05) is 87.4 Å². The van der Waals surface area contributed by atoms with Crippen LogP contribution in [0.1, 0.15) is 144 Å². The summed E-state index contributed by atoms with van der Waals surface area (Å²) in [6, 6.07) is 7.62. The highest BCUT2D eigenvalue weighted by Crippen LogP contribution is 2.88. The summed E-state index contributed by atoms with van der Waals surface area (Å²) >= 11 is 0. The third-order valence-corrected chi connectivity index (χ3v) is 21.4. The number of esters is 2. The molecule has 334 valence electrons. The Hall–Kier alpha value is -3.36. The fourth-order valence-corrected chi connectivity index (χ4v) is 19.4. The lowest BCUT2D eigenvalue weighted by Crippen LogP contribution is -2.78. The molecule has 6 aliphatic carbocycles. The molecule has 1 aromatic carbocycles. The van der Waals surface area contributed by atoms with Crippen LogP contribution in [0.4, 0.5) is 0 Å². The van der Waals surface area contributed by atoms with Gasteiger partial charge in [-0.25, -0.2) is 4.79 Å². The second-order valence-electron chi connectivity index (χ2n) is 23.7. The number of piperidine rings is 3. The summed E-state index contributed by atoms with van der Waals surface area (Å²) in [6.45, 7) is 7.66. The zero-order valence-electron chi connectivity index (χ0n) is 37.8. The molecule has 0 amide bonds. The zero-order valence-corrected chi connectivity index (χ0v) is 37.8. The van der Waals surface area contributed by atoms with E-state index in [4.69, 9.17) is 15.2 Å². The van der Waals surface area contributed by atoms with Gasteiger partial charge in [0.1, 0.15) is 11.2 Å². The van der Waals surface area contributed by atoms with E-state index in [9.17, 15) is 9.90 Å². The van der Waals surface area contributed by atoms with Crippen LogP contribution in [0.5, 0.6) is 0 Å². The lowest BCUT2D eigenvalue weighted by molar-refractivity contribution is -0.281. The molecule has 8 heteroatoms. The van der Waals surface area contributed by atoms with Gasteiger partial charge >= 0.3 is 11.9 Å². The maximum atomic E-state index is 16.1. The minimum Gasteiger partial charge on any atom is -0.508 e. The van der Waals surface area contributed by atoms with Gasteiger partial charge in [0.15, 0.2) is 11.4 Å². The summed E-state index contributed by atoms with van der Waals surface area (Å²) in [6.07, 6.45) is 24.2. The number of nitrogens with two attached hydrogens (primary N) is 1. The van der Waals surface area contributed by atoms with Crippen LogP contribution in [-0.2, 0) is 26.3 Å². The molecule has 2 saturated carbocycles. The predicted octanol–water partition coefficient (Wildman–Crippen LogP) is 9.65. The molecule has 4 saturated heterocycles. The van der Waals surface area contributed by atoms with Crippen molar-refractivity contribution in [3.8, 4) is 0 Å². The molecule has 1 aromatic rings. The van der Waals surface area contributed by atoms with Crippen LogP contribution in [0, 0.1) is 70.0 Å². The first-order valence-corrected chi connectivity index (χ1v) is 26.1. The van der Waals surface area contributed by atoms with E-state index >= 15 is 4.79 Å². The Labute approximate surface area is 374 Å². The third kappa shape index (κ3) is 4.58. The lowest BCUT2D eigenvalue weighted by Gasteiger charge is -2.73. The fraction of sp³-hybridized carbons (Fsp3) is 0.709. The third-order valence-electron chi connectivity index (χ3n) is 21.4. The number of aliphatic hydroxyl groups excluding tert-OH is 1. The molecule has 7 aliphatic heterocycles. The molecule has 0 aromatic heterocycles. The lowest BCUT2D eigenvalue weighted by atomic mass is 9.27. The molecule has 3 spiro atoms. The standard InChI is InChI=1S/C55H69N3O5/c1-29-13-14-33-26-39-30(2)23-34-15-17-42-35-25-36-28-58(42)48(34)46(39)38-19-20-53-50(49(59)37-16-18-41(36)57(27-35)43(37)24-31-8-4-3-5-9-31)62-52(61)54(53,47(33)38)44(22-29)55(53)40-12-6-10-32(11-7-21-56)45(40)51(60)63-55/h6,10,12-14,29-31,33,35-37,39,41-44,46,59H,3-5,7-9,11,15-28,56H2,1-2H3. The minimum atomic E-state index is -1.13. The van der Waals surface area contributed by atoms with Crippen molar-refractivity contribution in [2.24, 2.45) is 75.7 Å². The molecule has 7 bridgehead atoms. The van der Waals surface area contributed by atoms with E-state index < -0.39 is 16.4 Å². The van der Waals surface area contributed by atoms with Crippen molar-refractivity contribution in [2.45, 2.75) is 153 Å². The van der Waals surface area contributed by atoms with E-state index in [-0.39, 0.29) is 41.7 Å². The number of carbonyl (C=O) groups is 2. The van der Waals surface area contributed by atoms with E-state index in [1.807, 2.05) is 0 Å². The summed E-state index contributed by atoms with van der Waals surface area (Å²) in [7, 11) is 0. The second kappa shape index (κ2) is 13.4. The molecule has 15 atom stereocenters. The Bertz CT molecular complexity index is 2340. The highest BCUT2D eigenvalue weighted by atomic mass is 16.6. The Balaban J connectivity index is 1.07. The molecule has 15 unspecified atom stereocenters. The summed E-state index contributed by atoms with van der Waals surface area (Å²) in [5.74, 6) is 3.52. The van der Waals surface area contributed by atoms with Crippen molar-refractivity contribution in [2.75, 3.05) is 19.6 Å². The summed E-state index contributed by atoms with van der Waals surface area (Å²) in [5.41, 5.74) is 11.7. The highest BCUT2D eigenvalue weighted by Gasteiger charge is 2.94. The summed E-state index contributed by atoms with van der Waals surface area (Å²) in [4.78, 5) is 37.1. The molecular formula is C55H69N3O5. The summed E-state index contributed by atoms with van der Waals surface area (Å²) in [5, 5.41) is 13.7. The molecule has 13 aliphatic rings. The van der Waals surface area contributed by atoms with Gasteiger partial charge < -0.3 is 25.2 Å². The molecule has 0 radical (unpaired) electrons.